The maximum atomic E-state index is 12.6. The van der Waals surface area contributed by atoms with E-state index in [1.165, 1.54) is 11.8 Å². The van der Waals surface area contributed by atoms with Crippen molar-refractivity contribution in [3.05, 3.63) is 70.5 Å². The highest BCUT2D eigenvalue weighted by Gasteiger charge is 2.23. The van der Waals surface area contributed by atoms with Gasteiger partial charge in [-0.25, -0.2) is 9.53 Å². The number of hydrogen-bond acceptors (Lipinski definition) is 4. The first-order chi connectivity index (χ1) is 11.1. The largest absolute Gasteiger partial charge is 0.366 e. The minimum Gasteiger partial charge on any atom is -0.335 e. The molecule has 3 aromatic rings. The van der Waals surface area contributed by atoms with Gasteiger partial charge in [-0.15, -0.1) is 0 Å². The molecule has 116 valence electrons. The van der Waals surface area contributed by atoms with Crippen LogP contribution in [0.1, 0.15) is 16.2 Å². The second kappa shape index (κ2) is 5.92. The molecule has 1 N–H and O–H groups in total. The molecule has 3 rings (SSSR count). The number of anilines is 1. The molecule has 0 atom stereocenters. The zero-order chi connectivity index (χ0) is 16.4. The van der Waals surface area contributed by atoms with Crippen molar-refractivity contribution in [3.63, 3.8) is 0 Å². The van der Waals surface area contributed by atoms with E-state index in [4.69, 9.17) is 4.52 Å². The average molecular weight is 309 g/mol. The van der Waals surface area contributed by atoms with Crippen LogP contribution in [0.2, 0.25) is 0 Å². The van der Waals surface area contributed by atoms with Gasteiger partial charge in [-0.1, -0.05) is 30.3 Å². The first-order valence-corrected chi connectivity index (χ1v) is 7.06. The Labute approximate surface area is 132 Å². The Morgan fingerprint density at radius 3 is 2.65 bits per heavy atom. The van der Waals surface area contributed by atoms with Gasteiger partial charge in [0.1, 0.15) is 5.56 Å². The first-order valence-electron chi connectivity index (χ1n) is 7.06. The predicted octanol–water partition coefficient (Wildman–Crippen LogP) is 2.60. The predicted molar refractivity (Wildman–Crippen MR) is 86.3 cm³/mol. The number of aromatic nitrogens is 2. The van der Waals surface area contributed by atoms with Crippen LogP contribution in [-0.2, 0) is 7.05 Å². The standard InChI is InChI=1S/C17H15N3O3/c1-11-10-13(8-9-18-11)19-16(21)15-14(17(22)23-20(15)2)12-6-4-3-5-7-12/h3-10H,1-2H3,(H,18,19,21). The molecule has 2 aromatic heterocycles. The first kappa shape index (κ1) is 14.8. The molecular formula is C17H15N3O3. The van der Waals surface area contributed by atoms with E-state index in [0.29, 0.717) is 11.3 Å². The van der Waals surface area contributed by atoms with Gasteiger partial charge in [0.25, 0.3) is 5.91 Å². The Morgan fingerprint density at radius 2 is 1.96 bits per heavy atom. The summed E-state index contributed by atoms with van der Waals surface area (Å²) in [6.45, 7) is 1.83. The van der Waals surface area contributed by atoms with Crippen molar-refractivity contribution in [2.24, 2.45) is 7.05 Å². The number of benzene rings is 1. The summed E-state index contributed by atoms with van der Waals surface area (Å²) in [6.07, 6.45) is 1.61. The minimum absolute atomic E-state index is 0.177. The van der Waals surface area contributed by atoms with E-state index >= 15 is 0 Å². The molecular weight excluding hydrogens is 294 g/mol. The fraction of sp³-hybridized carbons (Fsp3) is 0.118. The topological polar surface area (TPSA) is 77.1 Å². The number of nitrogens with zero attached hydrogens (tertiary/aromatic N) is 2. The van der Waals surface area contributed by atoms with Crippen LogP contribution in [0, 0.1) is 6.92 Å². The van der Waals surface area contributed by atoms with Crippen molar-refractivity contribution in [1.82, 2.24) is 9.72 Å². The van der Waals surface area contributed by atoms with Crippen LogP contribution in [0.25, 0.3) is 11.1 Å². The van der Waals surface area contributed by atoms with E-state index in [2.05, 4.69) is 10.3 Å². The lowest BCUT2D eigenvalue weighted by Crippen LogP contribution is -2.17. The quantitative estimate of drug-likeness (QED) is 0.806. The molecule has 0 radical (unpaired) electrons. The van der Waals surface area contributed by atoms with Crippen molar-refractivity contribution in [2.75, 3.05) is 5.32 Å². The smallest absolute Gasteiger partial charge is 0.335 e. The highest BCUT2D eigenvalue weighted by molar-refractivity contribution is 6.07. The van der Waals surface area contributed by atoms with E-state index in [1.54, 1.807) is 42.6 Å². The van der Waals surface area contributed by atoms with Crippen LogP contribution in [0.5, 0.6) is 0 Å². The lowest BCUT2D eigenvalue weighted by molar-refractivity contribution is 0.100. The number of carbonyl (C=O) groups is 1. The number of aryl methyl sites for hydroxylation is 2. The molecule has 2 heterocycles. The molecule has 0 saturated carbocycles. The van der Waals surface area contributed by atoms with Crippen LogP contribution < -0.4 is 10.9 Å². The van der Waals surface area contributed by atoms with Crippen LogP contribution in [0.15, 0.2) is 58.0 Å². The highest BCUT2D eigenvalue weighted by atomic mass is 16.5. The summed E-state index contributed by atoms with van der Waals surface area (Å²) in [5.41, 5.74) is 1.90. The third kappa shape index (κ3) is 2.91. The molecule has 0 saturated heterocycles. The molecule has 1 aromatic carbocycles. The Bertz CT molecular complexity index is 910. The van der Waals surface area contributed by atoms with Gasteiger partial charge in [-0.3, -0.25) is 9.78 Å². The van der Waals surface area contributed by atoms with Gasteiger partial charge in [0.15, 0.2) is 5.69 Å². The normalized spacial score (nSPS) is 10.5. The van der Waals surface area contributed by atoms with Crippen LogP contribution >= 0.6 is 0 Å². The van der Waals surface area contributed by atoms with Crippen molar-refractivity contribution >= 4 is 11.6 Å². The fourth-order valence-corrected chi connectivity index (χ4v) is 2.40. The summed E-state index contributed by atoms with van der Waals surface area (Å²) in [7, 11) is 1.53. The fourth-order valence-electron chi connectivity index (χ4n) is 2.40. The van der Waals surface area contributed by atoms with Gasteiger partial charge in [-0.2, -0.15) is 0 Å². The Morgan fingerprint density at radius 1 is 1.22 bits per heavy atom. The number of pyridine rings is 1. The van der Waals surface area contributed by atoms with Crippen molar-refractivity contribution < 1.29 is 9.32 Å². The summed E-state index contributed by atoms with van der Waals surface area (Å²) in [4.78, 5) is 28.8. The number of amides is 1. The molecule has 1 amide bonds. The average Bonchev–Trinajstić information content (AvgIpc) is 2.82. The SMILES string of the molecule is Cc1cc(NC(=O)c2c(-c3ccccc3)c(=O)on2C)ccn1. The number of rotatable bonds is 3. The van der Waals surface area contributed by atoms with Gasteiger partial charge in [0.05, 0.1) is 0 Å². The van der Waals surface area contributed by atoms with Crippen molar-refractivity contribution in [2.45, 2.75) is 6.92 Å². The second-order valence-corrected chi connectivity index (χ2v) is 5.11. The monoisotopic (exact) mass is 309 g/mol. The van der Waals surface area contributed by atoms with E-state index < -0.39 is 11.5 Å². The summed E-state index contributed by atoms with van der Waals surface area (Å²) in [5, 5.41) is 2.76. The summed E-state index contributed by atoms with van der Waals surface area (Å²) < 4.78 is 6.26. The van der Waals surface area contributed by atoms with E-state index in [1.807, 2.05) is 13.0 Å². The zero-order valence-electron chi connectivity index (χ0n) is 12.7. The van der Waals surface area contributed by atoms with Gasteiger partial charge in [0.2, 0.25) is 0 Å². The molecule has 0 aliphatic heterocycles. The number of nitrogens with one attached hydrogen (secondary N) is 1. The molecule has 0 spiro atoms. The lowest BCUT2D eigenvalue weighted by atomic mass is 10.1. The Balaban J connectivity index is 2.03. The Kier molecular flexibility index (Phi) is 3.80. The third-order valence-corrected chi connectivity index (χ3v) is 3.41. The zero-order valence-corrected chi connectivity index (χ0v) is 12.7. The van der Waals surface area contributed by atoms with Crippen LogP contribution in [0.3, 0.4) is 0 Å². The van der Waals surface area contributed by atoms with Crippen LogP contribution in [0.4, 0.5) is 5.69 Å². The maximum Gasteiger partial charge on any atom is 0.366 e. The van der Waals surface area contributed by atoms with Crippen molar-refractivity contribution in [3.8, 4) is 11.1 Å². The molecule has 0 aliphatic rings. The van der Waals surface area contributed by atoms with Gasteiger partial charge in [0, 0.05) is 24.6 Å². The molecule has 0 aliphatic carbocycles. The molecule has 6 nitrogen and oxygen atoms in total. The summed E-state index contributed by atoms with van der Waals surface area (Å²) >= 11 is 0. The maximum absolute atomic E-state index is 12.6. The number of hydrogen-bond donors (Lipinski definition) is 1. The molecule has 23 heavy (non-hydrogen) atoms. The van der Waals surface area contributed by atoms with Gasteiger partial charge >= 0.3 is 5.63 Å². The minimum atomic E-state index is -0.547. The molecule has 6 heteroatoms. The van der Waals surface area contributed by atoms with Crippen LogP contribution in [-0.4, -0.2) is 15.6 Å². The molecule has 0 unspecified atom stereocenters. The lowest BCUT2D eigenvalue weighted by Gasteiger charge is -2.07. The summed E-state index contributed by atoms with van der Waals surface area (Å²) in [6, 6.07) is 12.4. The molecule has 0 fully saturated rings. The van der Waals surface area contributed by atoms with Gasteiger partial charge < -0.3 is 9.84 Å². The third-order valence-electron chi connectivity index (χ3n) is 3.41. The van der Waals surface area contributed by atoms with Crippen molar-refractivity contribution in [1.29, 1.82) is 0 Å². The molecule has 0 bridgehead atoms. The van der Waals surface area contributed by atoms with Gasteiger partial charge in [-0.05, 0) is 24.6 Å². The van der Waals surface area contributed by atoms with E-state index in [9.17, 15) is 9.59 Å². The highest BCUT2D eigenvalue weighted by Crippen LogP contribution is 2.21. The van der Waals surface area contributed by atoms with E-state index in [-0.39, 0.29) is 11.3 Å². The van der Waals surface area contributed by atoms with E-state index in [0.717, 1.165) is 5.69 Å². The Hall–Kier alpha value is -3.15. The number of carbonyl (C=O) groups excluding carboxylic acids is 1. The summed E-state index contributed by atoms with van der Waals surface area (Å²) in [5.74, 6) is -0.414. The second-order valence-electron chi connectivity index (χ2n) is 5.11.